The highest BCUT2D eigenvalue weighted by molar-refractivity contribution is 7.12. The Morgan fingerprint density at radius 1 is 1.17 bits per heavy atom. The molecule has 0 saturated carbocycles. The van der Waals surface area contributed by atoms with E-state index in [1.54, 1.807) is 40.4 Å². The molecule has 0 aliphatic heterocycles. The largest absolute Gasteiger partial charge is 0.435 e. The summed E-state index contributed by atoms with van der Waals surface area (Å²) in [6.45, 7) is -2.59. The summed E-state index contributed by atoms with van der Waals surface area (Å²) in [4.78, 5) is 12.9. The summed E-state index contributed by atoms with van der Waals surface area (Å²) >= 11 is 1.29. The van der Waals surface area contributed by atoms with E-state index >= 15 is 0 Å². The molecule has 5 nitrogen and oxygen atoms in total. The monoisotopic (exact) mass is 417 g/mol. The van der Waals surface area contributed by atoms with E-state index in [0.29, 0.717) is 22.3 Å². The quantitative estimate of drug-likeness (QED) is 0.473. The number of anilines is 1. The minimum Gasteiger partial charge on any atom is -0.435 e. The number of hydrogen-bond acceptors (Lipinski definition) is 4. The number of carbonyl (C=O) groups is 1. The van der Waals surface area contributed by atoms with Gasteiger partial charge in [0.1, 0.15) is 11.6 Å². The molecular weight excluding hydrogens is 403 g/mol. The number of amides is 1. The molecule has 148 valence electrons. The van der Waals surface area contributed by atoms with Gasteiger partial charge in [-0.25, -0.2) is 4.39 Å². The van der Waals surface area contributed by atoms with Crippen molar-refractivity contribution < 1.29 is 22.7 Å². The highest BCUT2D eigenvalue weighted by atomic mass is 32.1. The second kappa shape index (κ2) is 7.96. The lowest BCUT2D eigenvalue weighted by atomic mass is 10.2. The molecule has 0 saturated heterocycles. The Kier molecular flexibility index (Phi) is 5.22. The third kappa shape index (κ3) is 4.24. The lowest BCUT2D eigenvalue weighted by molar-refractivity contribution is -0.0498. The summed E-state index contributed by atoms with van der Waals surface area (Å²) in [7, 11) is 0. The molecule has 0 aliphatic carbocycles. The van der Waals surface area contributed by atoms with E-state index in [1.807, 2.05) is 0 Å². The maximum absolute atomic E-state index is 13.8. The van der Waals surface area contributed by atoms with Gasteiger partial charge in [-0.05, 0) is 47.3 Å². The highest BCUT2D eigenvalue weighted by Crippen LogP contribution is 2.26. The number of thiophene rings is 1. The molecule has 0 unspecified atom stereocenters. The van der Waals surface area contributed by atoms with Gasteiger partial charge in [0.05, 0.1) is 16.9 Å². The fourth-order valence-corrected chi connectivity index (χ4v) is 3.51. The first-order chi connectivity index (χ1) is 14.0. The van der Waals surface area contributed by atoms with Crippen molar-refractivity contribution in [2.45, 2.75) is 13.2 Å². The standard InChI is InChI=1S/C20H14F3N3O2S/c21-13-5-8-16-15(10-13)18(24-19(27)17-2-1-9-29-17)25-26(16)11-12-3-6-14(7-4-12)28-20(22)23/h1-10,20H,11H2,(H,24,25,27). The van der Waals surface area contributed by atoms with Gasteiger partial charge in [-0.2, -0.15) is 13.9 Å². The van der Waals surface area contributed by atoms with E-state index in [2.05, 4.69) is 15.2 Å². The van der Waals surface area contributed by atoms with Gasteiger partial charge in [-0.15, -0.1) is 11.3 Å². The third-order valence-electron chi connectivity index (χ3n) is 4.17. The average Bonchev–Trinajstić information content (AvgIpc) is 3.32. The van der Waals surface area contributed by atoms with E-state index in [-0.39, 0.29) is 17.5 Å². The Hall–Kier alpha value is -3.33. The molecule has 2 aromatic heterocycles. The van der Waals surface area contributed by atoms with Crippen molar-refractivity contribution in [2.75, 3.05) is 5.32 Å². The number of nitrogens with zero attached hydrogens (tertiary/aromatic N) is 2. The van der Waals surface area contributed by atoms with E-state index in [9.17, 15) is 18.0 Å². The zero-order chi connectivity index (χ0) is 20.4. The van der Waals surface area contributed by atoms with Crippen LogP contribution in [0.5, 0.6) is 5.75 Å². The number of fused-ring (bicyclic) bond motifs is 1. The second-order valence-corrected chi connectivity index (χ2v) is 7.07. The molecule has 0 aliphatic rings. The van der Waals surface area contributed by atoms with Crippen molar-refractivity contribution in [2.24, 2.45) is 0 Å². The minimum absolute atomic E-state index is 0.0556. The number of aromatic nitrogens is 2. The van der Waals surface area contributed by atoms with Crippen molar-refractivity contribution >= 4 is 34.0 Å². The maximum Gasteiger partial charge on any atom is 0.387 e. The summed E-state index contributed by atoms with van der Waals surface area (Å²) in [5, 5.41) is 9.39. The number of alkyl halides is 2. The van der Waals surface area contributed by atoms with Crippen molar-refractivity contribution in [3.05, 3.63) is 76.2 Å². The van der Waals surface area contributed by atoms with Crippen molar-refractivity contribution in [3.63, 3.8) is 0 Å². The normalized spacial score (nSPS) is 11.2. The van der Waals surface area contributed by atoms with Gasteiger partial charge >= 0.3 is 6.61 Å². The Labute approximate surface area is 167 Å². The maximum atomic E-state index is 13.8. The molecule has 0 bridgehead atoms. The minimum atomic E-state index is -2.89. The fourth-order valence-electron chi connectivity index (χ4n) is 2.89. The molecule has 1 N–H and O–H groups in total. The number of halogens is 3. The van der Waals surface area contributed by atoms with Crippen LogP contribution < -0.4 is 10.1 Å². The number of benzene rings is 2. The van der Waals surface area contributed by atoms with Crippen LogP contribution in [-0.4, -0.2) is 22.3 Å². The molecule has 0 spiro atoms. The van der Waals surface area contributed by atoms with Crippen LogP contribution in [0.1, 0.15) is 15.2 Å². The zero-order valence-electron chi connectivity index (χ0n) is 14.8. The van der Waals surface area contributed by atoms with Crippen LogP contribution >= 0.6 is 11.3 Å². The van der Waals surface area contributed by atoms with Gasteiger partial charge in [-0.3, -0.25) is 9.48 Å². The summed E-state index contributed by atoms with van der Waals surface area (Å²) in [6.07, 6.45) is 0. The average molecular weight is 417 g/mol. The van der Waals surface area contributed by atoms with E-state index < -0.39 is 12.4 Å². The molecular formula is C20H14F3N3O2S. The Morgan fingerprint density at radius 3 is 2.66 bits per heavy atom. The van der Waals surface area contributed by atoms with Crippen LogP contribution in [0.4, 0.5) is 19.0 Å². The van der Waals surface area contributed by atoms with E-state index in [1.165, 1.54) is 35.6 Å². The molecule has 29 heavy (non-hydrogen) atoms. The predicted octanol–water partition coefficient (Wildman–Crippen LogP) is 5.14. The number of nitrogens with one attached hydrogen (secondary N) is 1. The summed E-state index contributed by atoms with van der Waals surface area (Å²) in [5.74, 6) is -0.475. The van der Waals surface area contributed by atoms with E-state index in [0.717, 1.165) is 5.56 Å². The number of carbonyl (C=O) groups excluding carboxylic acids is 1. The number of ether oxygens (including phenoxy) is 1. The van der Waals surface area contributed by atoms with Crippen LogP contribution in [0.3, 0.4) is 0 Å². The van der Waals surface area contributed by atoms with Gasteiger partial charge < -0.3 is 10.1 Å². The van der Waals surface area contributed by atoms with Gasteiger partial charge in [0.2, 0.25) is 0 Å². The SMILES string of the molecule is O=C(Nc1nn(Cc2ccc(OC(F)F)cc2)c2ccc(F)cc12)c1cccs1. The van der Waals surface area contributed by atoms with E-state index in [4.69, 9.17) is 0 Å². The summed E-state index contributed by atoms with van der Waals surface area (Å²) in [5.41, 5.74) is 1.40. The molecule has 4 rings (SSSR count). The third-order valence-corrected chi connectivity index (χ3v) is 5.04. The van der Waals surface area contributed by atoms with Gasteiger partial charge in [0, 0.05) is 5.39 Å². The smallest absolute Gasteiger partial charge is 0.387 e. The summed E-state index contributed by atoms with van der Waals surface area (Å²) < 4.78 is 44.3. The van der Waals surface area contributed by atoms with Crippen LogP contribution in [0.2, 0.25) is 0 Å². The van der Waals surface area contributed by atoms with Crippen LogP contribution in [0.15, 0.2) is 60.0 Å². The van der Waals surface area contributed by atoms with Crippen molar-refractivity contribution in [1.82, 2.24) is 9.78 Å². The first-order valence-electron chi connectivity index (χ1n) is 8.54. The molecule has 0 fully saturated rings. The lowest BCUT2D eigenvalue weighted by Gasteiger charge is -2.07. The van der Waals surface area contributed by atoms with Crippen molar-refractivity contribution in [3.8, 4) is 5.75 Å². The Bertz CT molecular complexity index is 1140. The Balaban J connectivity index is 1.63. The fraction of sp³-hybridized carbons (Fsp3) is 0.100. The Morgan fingerprint density at radius 2 is 1.97 bits per heavy atom. The first kappa shape index (κ1) is 19.0. The van der Waals surface area contributed by atoms with Crippen LogP contribution in [0.25, 0.3) is 10.9 Å². The predicted molar refractivity (Wildman–Crippen MR) is 104 cm³/mol. The molecule has 0 atom stereocenters. The number of hydrogen-bond donors (Lipinski definition) is 1. The first-order valence-corrected chi connectivity index (χ1v) is 9.42. The van der Waals surface area contributed by atoms with Crippen molar-refractivity contribution in [1.29, 1.82) is 0 Å². The molecule has 9 heteroatoms. The molecule has 4 aromatic rings. The van der Waals surface area contributed by atoms with Gasteiger partial charge in [0.25, 0.3) is 5.91 Å². The lowest BCUT2D eigenvalue weighted by Crippen LogP contribution is -2.11. The summed E-state index contributed by atoms with van der Waals surface area (Å²) in [6, 6.07) is 13.8. The second-order valence-electron chi connectivity index (χ2n) is 6.12. The highest BCUT2D eigenvalue weighted by Gasteiger charge is 2.16. The topological polar surface area (TPSA) is 56.2 Å². The molecule has 2 aromatic carbocycles. The van der Waals surface area contributed by atoms with Crippen LogP contribution in [0, 0.1) is 5.82 Å². The molecule has 2 heterocycles. The van der Waals surface area contributed by atoms with Gasteiger partial charge in [0.15, 0.2) is 5.82 Å². The molecule has 0 radical (unpaired) electrons. The van der Waals surface area contributed by atoms with Gasteiger partial charge in [-0.1, -0.05) is 18.2 Å². The van der Waals surface area contributed by atoms with Crippen LogP contribution in [-0.2, 0) is 6.54 Å². The number of rotatable bonds is 6. The zero-order valence-corrected chi connectivity index (χ0v) is 15.6. The molecule has 1 amide bonds.